The molecule has 1 heterocycles. The average molecular weight is 380 g/mol. The number of carbonyl (C=O) groups is 2. The van der Waals surface area contributed by atoms with E-state index in [2.05, 4.69) is 20.0 Å². The zero-order valence-corrected chi connectivity index (χ0v) is 16.1. The Balaban J connectivity index is 1.71. The van der Waals surface area contributed by atoms with Crippen LogP contribution in [0, 0.1) is 5.41 Å². The highest BCUT2D eigenvalue weighted by molar-refractivity contribution is 7.10. The van der Waals surface area contributed by atoms with Crippen molar-refractivity contribution in [3.05, 3.63) is 60.2 Å². The molecule has 0 atom stereocenters. The number of nitrogens with zero attached hydrogens (tertiary/aromatic N) is 2. The molecule has 0 unspecified atom stereocenters. The number of nitrogens with one attached hydrogen (secondary N) is 2. The number of hydrogen-bond donors (Lipinski definition) is 2. The molecule has 0 spiro atoms. The van der Waals surface area contributed by atoms with Gasteiger partial charge in [0.05, 0.1) is 0 Å². The molecular weight excluding hydrogens is 360 g/mol. The highest BCUT2D eigenvalue weighted by Gasteiger charge is 2.21. The van der Waals surface area contributed by atoms with Gasteiger partial charge in [-0.3, -0.25) is 14.9 Å². The number of aromatic nitrogens is 2. The fourth-order valence-corrected chi connectivity index (χ4v) is 2.79. The maximum Gasteiger partial charge on any atom is 0.257 e. The molecule has 0 aliphatic heterocycles. The summed E-state index contributed by atoms with van der Waals surface area (Å²) in [6, 6.07) is 16.4. The maximum atomic E-state index is 12.5. The standard InChI is InChI=1S/C20H20N4O2S/c1-20(2,3)18(26)21-15-11-7-10-14(12-15)17(25)23-19-22-16(24-27-19)13-8-5-4-6-9-13/h4-12H,1-3H3,(H,21,26)(H,22,23,24,25). The SMILES string of the molecule is CC(C)(C)C(=O)Nc1cccc(C(=O)Nc2nc(-c3ccccc3)ns2)c1. The normalized spacial score (nSPS) is 11.1. The second-order valence-electron chi connectivity index (χ2n) is 7.03. The average Bonchev–Trinajstić information content (AvgIpc) is 3.10. The highest BCUT2D eigenvalue weighted by Crippen LogP contribution is 2.22. The summed E-state index contributed by atoms with van der Waals surface area (Å²) in [6.07, 6.45) is 0. The molecule has 7 heteroatoms. The van der Waals surface area contributed by atoms with Gasteiger partial charge in [0.2, 0.25) is 11.0 Å². The van der Waals surface area contributed by atoms with Crippen molar-refractivity contribution in [1.82, 2.24) is 9.36 Å². The molecule has 0 fully saturated rings. The Labute approximate surface area is 161 Å². The number of carbonyl (C=O) groups excluding carboxylic acids is 2. The van der Waals surface area contributed by atoms with Crippen molar-refractivity contribution in [2.75, 3.05) is 10.6 Å². The van der Waals surface area contributed by atoms with Crippen LogP contribution in [0.3, 0.4) is 0 Å². The van der Waals surface area contributed by atoms with E-state index in [4.69, 9.17) is 0 Å². The summed E-state index contributed by atoms with van der Waals surface area (Å²) in [5.74, 6) is 0.149. The zero-order valence-electron chi connectivity index (χ0n) is 15.3. The monoisotopic (exact) mass is 380 g/mol. The minimum atomic E-state index is -0.515. The van der Waals surface area contributed by atoms with Crippen LogP contribution < -0.4 is 10.6 Å². The van der Waals surface area contributed by atoms with Crippen molar-refractivity contribution in [2.24, 2.45) is 5.41 Å². The van der Waals surface area contributed by atoms with E-state index in [9.17, 15) is 9.59 Å². The Bertz CT molecular complexity index is 961. The molecule has 0 aliphatic rings. The first kappa shape index (κ1) is 18.7. The van der Waals surface area contributed by atoms with Crippen LogP contribution in [0.5, 0.6) is 0 Å². The van der Waals surface area contributed by atoms with Gasteiger partial charge in [0.25, 0.3) is 5.91 Å². The largest absolute Gasteiger partial charge is 0.326 e. The molecule has 6 nitrogen and oxygen atoms in total. The number of rotatable bonds is 4. The van der Waals surface area contributed by atoms with Gasteiger partial charge < -0.3 is 5.32 Å². The van der Waals surface area contributed by atoms with Crippen LogP contribution in [0.25, 0.3) is 11.4 Å². The van der Waals surface area contributed by atoms with Crippen LogP contribution in [0.1, 0.15) is 31.1 Å². The van der Waals surface area contributed by atoms with E-state index >= 15 is 0 Å². The lowest BCUT2D eigenvalue weighted by molar-refractivity contribution is -0.123. The van der Waals surface area contributed by atoms with Gasteiger partial charge in [0.15, 0.2) is 5.82 Å². The molecule has 0 radical (unpaired) electrons. The molecule has 2 aromatic carbocycles. The Morgan fingerprint density at radius 3 is 2.41 bits per heavy atom. The van der Waals surface area contributed by atoms with E-state index < -0.39 is 5.41 Å². The molecule has 3 aromatic rings. The Hall–Kier alpha value is -3.06. The van der Waals surface area contributed by atoms with E-state index in [1.165, 1.54) is 0 Å². The molecule has 0 aliphatic carbocycles. The van der Waals surface area contributed by atoms with Crippen LogP contribution >= 0.6 is 11.5 Å². The zero-order chi connectivity index (χ0) is 19.4. The first-order valence-corrected chi connectivity index (χ1v) is 9.22. The predicted molar refractivity (Wildman–Crippen MR) is 108 cm³/mol. The molecule has 2 N–H and O–H groups in total. The fraction of sp³-hybridized carbons (Fsp3) is 0.200. The third-order valence-corrected chi connectivity index (χ3v) is 4.37. The molecule has 27 heavy (non-hydrogen) atoms. The van der Waals surface area contributed by atoms with Crippen LogP contribution in [-0.2, 0) is 4.79 Å². The lowest BCUT2D eigenvalue weighted by atomic mass is 9.95. The first-order chi connectivity index (χ1) is 12.8. The second-order valence-corrected chi connectivity index (χ2v) is 7.78. The number of anilines is 2. The van der Waals surface area contributed by atoms with Crippen molar-refractivity contribution in [3.8, 4) is 11.4 Å². The number of benzene rings is 2. The summed E-state index contributed by atoms with van der Waals surface area (Å²) in [4.78, 5) is 29.0. The Kier molecular flexibility index (Phi) is 5.32. The molecule has 0 saturated heterocycles. The summed E-state index contributed by atoms with van der Waals surface area (Å²) < 4.78 is 4.28. The third kappa shape index (κ3) is 4.77. The minimum Gasteiger partial charge on any atom is -0.326 e. The smallest absolute Gasteiger partial charge is 0.257 e. The number of hydrogen-bond acceptors (Lipinski definition) is 5. The van der Waals surface area contributed by atoms with Crippen molar-refractivity contribution >= 4 is 34.2 Å². The van der Waals surface area contributed by atoms with E-state index in [1.807, 2.05) is 51.1 Å². The molecule has 138 valence electrons. The fourth-order valence-electron chi connectivity index (χ4n) is 2.20. The van der Waals surface area contributed by atoms with E-state index in [-0.39, 0.29) is 11.8 Å². The van der Waals surface area contributed by atoms with Crippen molar-refractivity contribution < 1.29 is 9.59 Å². The van der Waals surface area contributed by atoms with Gasteiger partial charge >= 0.3 is 0 Å². The molecule has 0 bridgehead atoms. The Morgan fingerprint density at radius 1 is 0.963 bits per heavy atom. The topological polar surface area (TPSA) is 84.0 Å². The molecular formula is C20H20N4O2S. The van der Waals surface area contributed by atoms with Crippen LogP contribution in [-0.4, -0.2) is 21.2 Å². The van der Waals surface area contributed by atoms with Gasteiger partial charge in [-0.05, 0) is 18.2 Å². The number of amides is 2. The summed E-state index contributed by atoms with van der Waals surface area (Å²) in [5, 5.41) is 5.99. The molecule has 0 saturated carbocycles. The van der Waals surface area contributed by atoms with E-state index in [0.717, 1.165) is 17.1 Å². The van der Waals surface area contributed by atoms with Gasteiger partial charge in [-0.1, -0.05) is 57.2 Å². The van der Waals surface area contributed by atoms with Crippen LogP contribution in [0.4, 0.5) is 10.8 Å². The van der Waals surface area contributed by atoms with Gasteiger partial charge in [0, 0.05) is 33.8 Å². The summed E-state index contributed by atoms with van der Waals surface area (Å²) in [5.41, 5.74) is 1.38. The van der Waals surface area contributed by atoms with Crippen molar-refractivity contribution in [3.63, 3.8) is 0 Å². The maximum absolute atomic E-state index is 12.5. The second kappa shape index (κ2) is 7.67. The summed E-state index contributed by atoms with van der Waals surface area (Å²) in [6.45, 7) is 5.50. The van der Waals surface area contributed by atoms with Crippen LogP contribution in [0.15, 0.2) is 54.6 Å². The van der Waals surface area contributed by atoms with E-state index in [0.29, 0.717) is 22.2 Å². The molecule has 2 amide bonds. The van der Waals surface area contributed by atoms with Crippen molar-refractivity contribution in [2.45, 2.75) is 20.8 Å². The van der Waals surface area contributed by atoms with Crippen LogP contribution in [0.2, 0.25) is 0 Å². The van der Waals surface area contributed by atoms with Crippen molar-refractivity contribution in [1.29, 1.82) is 0 Å². The third-order valence-electron chi connectivity index (χ3n) is 3.74. The Morgan fingerprint density at radius 2 is 1.70 bits per heavy atom. The molecule has 3 rings (SSSR count). The molecule has 1 aromatic heterocycles. The minimum absolute atomic E-state index is 0.114. The quantitative estimate of drug-likeness (QED) is 0.701. The highest BCUT2D eigenvalue weighted by atomic mass is 32.1. The first-order valence-electron chi connectivity index (χ1n) is 8.45. The lowest BCUT2D eigenvalue weighted by Gasteiger charge is -2.17. The van der Waals surface area contributed by atoms with Gasteiger partial charge in [-0.15, -0.1) is 0 Å². The summed E-state index contributed by atoms with van der Waals surface area (Å²) >= 11 is 1.12. The van der Waals surface area contributed by atoms with Gasteiger partial charge in [-0.25, -0.2) is 0 Å². The summed E-state index contributed by atoms with van der Waals surface area (Å²) in [7, 11) is 0. The van der Waals surface area contributed by atoms with Gasteiger partial charge in [-0.2, -0.15) is 9.36 Å². The lowest BCUT2D eigenvalue weighted by Crippen LogP contribution is -2.27. The van der Waals surface area contributed by atoms with E-state index in [1.54, 1.807) is 24.3 Å². The van der Waals surface area contributed by atoms with Gasteiger partial charge in [0.1, 0.15) is 0 Å². The predicted octanol–water partition coefficient (Wildman–Crippen LogP) is 4.44.